The third-order valence-corrected chi connectivity index (χ3v) is 4.63. The normalized spacial score (nSPS) is 24.3. The largest absolute Gasteiger partial charge is 0.388 e. The summed E-state index contributed by atoms with van der Waals surface area (Å²) < 4.78 is 26.8. The minimum atomic E-state index is -0.954. The van der Waals surface area contributed by atoms with Crippen LogP contribution in [0.5, 0.6) is 0 Å². The maximum absolute atomic E-state index is 13.6. The molecular formula is C17H25F2NO. The molecule has 1 aliphatic carbocycles. The van der Waals surface area contributed by atoms with Gasteiger partial charge in [0.15, 0.2) is 11.6 Å². The first-order valence-corrected chi connectivity index (χ1v) is 7.81. The molecule has 2 rings (SSSR count). The number of aliphatic hydroxyl groups is 1. The van der Waals surface area contributed by atoms with Gasteiger partial charge in [-0.15, -0.1) is 0 Å². The summed E-state index contributed by atoms with van der Waals surface area (Å²) in [5.41, 5.74) is 0.0559. The van der Waals surface area contributed by atoms with Crippen LogP contribution in [0.3, 0.4) is 0 Å². The average molecular weight is 297 g/mol. The molecule has 2 nitrogen and oxygen atoms in total. The van der Waals surface area contributed by atoms with Crippen molar-refractivity contribution in [1.82, 2.24) is 4.90 Å². The van der Waals surface area contributed by atoms with Crippen molar-refractivity contribution in [3.8, 4) is 0 Å². The monoisotopic (exact) mass is 297 g/mol. The first-order valence-electron chi connectivity index (χ1n) is 7.81. The lowest BCUT2D eigenvalue weighted by Crippen LogP contribution is -2.36. The molecule has 0 aromatic heterocycles. The Kier molecular flexibility index (Phi) is 5.71. The second-order valence-corrected chi connectivity index (χ2v) is 6.35. The van der Waals surface area contributed by atoms with Gasteiger partial charge in [-0.05, 0) is 38.3 Å². The molecule has 118 valence electrons. The van der Waals surface area contributed by atoms with Gasteiger partial charge in [0, 0.05) is 18.2 Å². The average Bonchev–Trinajstić information content (AvgIpc) is 2.47. The topological polar surface area (TPSA) is 23.5 Å². The maximum Gasteiger partial charge on any atom is 0.164 e. The maximum atomic E-state index is 13.6. The Balaban J connectivity index is 1.88. The summed E-state index contributed by atoms with van der Waals surface area (Å²) >= 11 is 0. The molecule has 1 fully saturated rings. The summed E-state index contributed by atoms with van der Waals surface area (Å²) in [6.07, 6.45) is 4.37. The predicted octanol–water partition coefficient (Wildman–Crippen LogP) is 3.90. The molecule has 0 heterocycles. The van der Waals surface area contributed by atoms with Crippen LogP contribution < -0.4 is 0 Å². The van der Waals surface area contributed by atoms with Crippen LogP contribution in [0.25, 0.3) is 0 Å². The van der Waals surface area contributed by atoms with E-state index in [0.29, 0.717) is 19.0 Å². The van der Waals surface area contributed by atoms with Crippen molar-refractivity contribution in [2.24, 2.45) is 5.92 Å². The zero-order chi connectivity index (χ0) is 15.4. The lowest BCUT2D eigenvalue weighted by atomic mass is 9.86. The van der Waals surface area contributed by atoms with Crippen molar-refractivity contribution < 1.29 is 13.9 Å². The molecule has 1 aromatic rings. The van der Waals surface area contributed by atoms with E-state index in [-0.39, 0.29) is 5.56 Å². The van der Waals surface area contributed by atoms with Crippen LogP contribution in [0.2, 0.25) is 0 Å². The van der Waals surface area contributed by atoms with E-state index in [1.807, 2.05) is 0 Å². The van der Waals surface area contributed by atoms with Gasteiger partial charge in [-0.2, -0.15) is 0 Å². The highest BCUT2D eigenvalue weighted by Crippen LogP contribution is 2.28. The fourth-order valence-corrected chi connectivity index (χ4v) is 3.24. The molecule has 0 aliphatic heterocycles. The SMILES string of the molecule is CC1CCCC(N(C)CCC(O)c2cccc(F)c2F)C1. The van der Waals surface area contributed by atoms with Gasteiger partial charge >= 0.3 is 0 Å². The molecule has 21 heavy (non-hydrogen) atoms. The Hall–Kier alpha value is -1.00. The highest BCUT2D eigenvalue weighted by atomic mass is 19.2. The van der Waals surface area contributed by atoms with Gasteiger partial charge in [-0.25, -0.2) is 8.78 Å². The fraction of sp³-hybridized carbons (Fsp3) is 0.647. The number of halogens is 2. The second kappa shape index (κ2) is 7.32. The van der Waals surface area contributed by atoms with Gasteiger partial charge in [0.1, 0.15) is 0 Å². The summed E-state index contributed by atoms with van der Waals surface area (Å²) in [7, 11) is 2.05. The summed E-state index contributed by atoms with van der Waals surface area (Å²) in [6, 6.07) is 4.49. The van der Waals surface area contributed by atoms with E-state index in [9.17, 15) is 13.9 Å². The first kappa shape index (κ1) is 16.4. The second-order valence-electron chi connectivity index (χ2n) is 6.35. The predicted molar refractivity (Wildman–Crippen MR) is 80.0 cm³/mol. The van der Waals surface area contributed by atoms with Gasteiger partial charge < -0.3 is 10.0 Å². The van der Waals surface area contributed by atoms with Crippen LogP contribution in [0.4, 0.5) is 8.78 Å². The zero-order valence-corrected chi connectivity index (χ0v) is 12.9. The summed E-state index contributed by atoms with van der Waals surface area (Å²) in [5.74, 6) is -1.09. The number of rotatable bonds is 5. The van der Waals surface area contributed by atoms with Crippen LogP contribution in [-0.2, 0) is 0 Å². The molecule has 1 aliphatic rings. The molecule has 1 N–H and O–H groups in total. The van der Waals surface area contributed by atoms with E-state index in [1.165, 1.54) is 37.8 Å². The van der Waals surface area contributed by atoms with Crippen molar-refractivity contribution in [2.75, 3.05) is 13.6 Å². The Bertz CT molecular complexity index is 466. The Morgan fingerprint density at radius 3 is 2.81 bits per heavy atom. The molecule has 0 saturated heterocycles. The van der Waals surface area contributed by atoms with Crippen molar-refractivity contribution >= 4 is 0 Å². The van der Waals surface area contributed by atoms with E-state index in [4.69, 9.17) is 0 Å². The molecule has 0 bridgehead atoms. The molecular weight excluding hydrogens is 272 g/mol. The smallest absolute Gasteiger partial charge is 0.164 e. The number of hydrogen-bond acceptors (Lipinski definition) is 2. The van der Waals surface area contributed by atoms with E-state index >= 15 is 0 Å². The minimum Gasteiger partial charge on any atom is -0.388 e. The van der Waals surface area contributed by atoms with Crippen LogP contribution in [0.1, 0.15) is 50.7 Å². The Morgan fingerprint density at radius 2 is 2.10 bits per heavy atom. The molecule has 4 heteroatoms. The van der Waals surface area contributed by atoms with Crippen LogP contribution >= 0.6 is 0 Å². The zero-order valence-electron chi connectivity index (χ0n) is 12.9. The van der Waals surface area contributed by atoms with Gasteiger partial charge in [0.25, 0.3) is 0 Å². The third kappa shape index (κ3) is 4.24. The number of hydrogen-bond donors (Lipinski definition) is 1. The van der Waals surface area contributed by atoms with E-state index in [1.54, 1.807) is 0 Å². The molecule has 3 atom stereocenters. The summed E-state index contributed by atoms with van der Waals surface area (Å²) in [4.78, 5) is 2.25. The highest BCUT2D eigenvalue weighted by molar-refractivity contribution is 5.21. The summed E-state index contributed by atoms with van der Waals surface area (Å²) in [6.45, 7) is 2.96. The third-order valence-electron chi connectivity index (χ3n) is 4.63. The number of benzene rings is 1. The molecule has 0 amide bonds. The van der Waals surface area contributed by atoms with E-state index in [2.05, 4.69) is 18.9 Å². The van der Waals surface area contributed by atoms with Gasteiger partial charge in [0.2, 0.25) is 0 Å². The van der Waals surface area contributed by atoms with Crippen molar-refractivity contribution in [3.63, 3.8) is 0 Å². The Labute approximate surface area is 125 Å². The number of aliphatic hydroxyl groups excluding tert-OH is 1. The quantitative estimate of drug-likeness (QED) is 0.891. The van der Waals surface area contributed by atoms with Gasteiger partial charge in [-0.3, -0.25) is 0 Å². The molecule has 0 radical (unpaired) electrons. The van der Waals surface area contributed by atoms with E-state index < -0.39 is 17.7 Å². The molecule has 1 saturated carbocycles. The Morgan fingerprint density at radius 1 is 1.33 bits per heavy atom. The molecule has 0 spiro atoms. The van der Waals surface area contributed by atoms with Crippen molar-refractivity contribution in [1.29, 1.82) is 0 Å². The standard InChI is InChI=1S/C17H25F2NO/c1-12-5-3-6-13(11-12)20(2)10-9-16(21)14-7-4-8-15(18)17(14)19/h4,7-8,12-13,16,21H,3,5-6,9-11H2,1-2H3. The van der Waals surface area contributed by atoms with Crippen LogP contribution in [0.15, 0.2) is 18.2 Å². The van der Waals surface area contributed by atoms with Crippen LogP contribution in [-0.4, -0.2) is 29.6 Å². The van der Waals surface area contributed by atoms with Crippen LogP contribution in [0, 0.1) is 17.6 Å². The molecule has 3 unspecified atom stereocenters. The minimum absolute atomic E-state index is 0.0559. The van der Waals surface area contributed by atoms with E-state index in [0.717, 1.165) is 12.0 Å². The number of nitrogens with zero attached hydrogens (tertiary/aromatic N) is 1. The van der Waals surface area contributed by atoms with Crippen molar-refractivity contribution in [2.45, 2.75) is 51.2 Å². The lowest BCUT2D eigenvalue weighted by molar-refractivity contribution is 0.114. The fourth-order valence-electron chi connectivity index (χ4n) is 3.24. The summed E-state index contributed by atoms with van der Waals surface area (Å²) in [5, 5.41) is 10.1. The van der Waals surface area contributed by atoms with Gasteiger partial charge in [-0.1, -0.05) is 31.9 Å². The first-order chi connectivity index (χ1) is 9.99. The van der Waals surface area contributed by atoms with Gasteiger partial charge in [0.05, 0.1) is 6.10 Å². The van der Waals surface area contributed by atoms with Crippen molar-refractivity contribution in [3.05, 3.63) is 35.4 Å². The highest BCUT2D eigenvalue weighted by Gasteiger charge is 2.23. The molecule has 1 aromatic carbocycles. The lowest BCUT2D eigenvalue weighted by Gasteiger charge is -2.34.